The number of nitrogens with one attached hydrogen (secondary N) is 2. The summed E-state index contributed by atoms with van der Waals surface area (Å²) in [6.07, 6.45) is 5.49. The largest absolute Gasteiger partial charge is 0.352 e. The van der Waals surface area contributed by atoms with Gasteiger partial charge in [0.25, 0.3) is 0 Å². The standard InChI is InChI=1S/C11H20N2O/c1-8-6-9(7-8)13-10(14)11(12-2)4-3-5-11/h8-9,12H,3-7H2,1-2H3,(H,13,14). The van der Waals surface area contributed by atoms with E-state index in [1.165, 1.54) is 6.42 Å². The zero-order chi connectivity index (χ0) is 10.2. The molecule has 1 amide bonds. The topological polar surface area (TPSA) is 41.1 Å². The Morgan fingerprint density at radius 3 is 2.36 bits per heavy atom. The van der Waals surface area contributed by atoms with Crippen LogP contribution in [0.1, 0.15) is 39.0 Å². The third-order valence-corrected chi connectivity index (χ3v) is 3.83. The van der Waals surface area contributed by atoms with Crippen LogP contribution in [0, 0.1) is 5.92 Å². The Kier molecular flexibility index (Phi) is 2.52. The average Bonchev–Trinajstić information content (AvgIpc) is 2.00. The second kappa shape index (κ2) is 3.54. The van der Waals surface area contributed by atoms with E-state index in [9.17, 15) is 4.79 Å². The molecule has 2 aliphatic rings. The molecule has 0 aromatic heterocycles. The normalized spacial score (nSPS) is 34.1. The summed E-state index contributed by atoms with van der Waals surface area (Å²) in [6.45, 7) is 2.24. The summed E-state index contributed by atoms with van der Waals surface area (Å²) in [4.78, 5) is 11.9. The van der Waals surface area contributed by atoms with E-state index >= 15 is 0 Å². The molecule has 0 aliphatic heterocycles. The van der Waals surface area contributed by atoms with E-state index in [1.54, 1.807) is 0 Å². The highest BCUT2D eigenvalue weighted by atomic mass is 16.2. The lowest BCUT2D eigenvalue weighted by molar-refractivity contribution is -0.132. The molecule has 80 valence electrons. The molecule has 2 rings (SSSR count). The zero-order valence-corrected chi connectivity index (χ0v) is 9.10. The summed E-state index contributed by atoms with van der Waals surface area (Å²) in [5, 5.41) is 6.31. The van der Waals surface area contributed by atoms with Crippen LogP contribution in [-0.2, 0) is 4.79 Å². The SMILES string of the molecule is CNC1(C(=O)NC2CC(C)C2)CCC1. The Bertz CT molecular complexity index is 224. The molecule has 0 heterocycles. The van der Waals surface area contributed by atoms with Gasteiger partial charge in [-0.25, -0.2) is 0 Å². The fourth-order valence-electron chi connectivity index (χ4n) is 2.46. The van der Waals surface area contributed by atoms with Gasteiger partial charge in [0.2, 0.25) is 5.91 Å². The minimum atomic E-state index is -0.223. The molecule has 0 saturated heterocycles. The Morgan fingerprint density at radius 1 is 1.36 bits per heavy atom. The lowest BCUT2D eigenvalue weighted by Gasteiger charge is -2.43. The van der Waals surface area contributed by atoms with Crippen molar-refractivity contribution in [3.63, 3.8) is 0 Å². The Hall–Kier alpha value is -0.570. The first kappa shape index (κ1) is 9.97. The first-order chi connectivity index (χ1) is 6.66. The number of carbonyl (C=O) groups excluding carboxylic acids is 1. The van der Waals surface area contributed by atoms with Crippen LogP contribution >= 0.6 is 0 Å². The first-order valence-corrected chi connectivity index (χ1v) is 5.66. The molecule has 0 radical (unpaired) electrons. The maximum absolute atomic E-state index is 11.9. The average molecular weight is 196 g/mol. The summed E-state index contributed by atoms with van der Waals surface area (Å²) < 4.78 is 0. The molecule has 2 aliphatic carbocycles. The number of hydrogen-bond donors (Lipinski definition) is 2. The molecular weight excluding hydrogens is 176 g/mol. The van der Waals surface area contributed by atoms with Gasteiger partial charge in [-0.3, -0.25) is 4.79 Å². The van der Waals surface area contributed by atoms with E-state index in [0.717, 1.165) is 31.6 Å². The molecule has 0 atom stereocenters. The minimum Gasteiger partial charge on any atom is -0.352 e. The molecule has 0 bridgehead atoms. The number of amides is 1. The number of carbonyl (C=O) groups is 1. The predicted octanol–water partition coefficient (Wildman–Crippen LogP) is 1.04. The lowest BCUT2D eigenvalue weighted by atomic mass is 9.75. The van der Waals surface area contributed by atoms with Crippen molar-refractivity contribution in [3.05, 3.63) is 0 Å². The van der Waals surface area contributed by atoms with Gasteiger partial charge in [0.1, 0.15) is 0 Å². The Labute approximate surface area is 85.6 Å². The number of rotatable bonds is 3. The quantitative estimate of drug-likeness (QED) is 0.708. The fraction of sp³-hybridized carbons (Fsp3) is 0.909. The van der Waals surface area contributed by atoms with Crippen molar-refractivity contribution in [2.45, 2.75) is 50.6 Å². The fourth-order valence-corrected chi connectivity index (χ4v) is 2.46. The van der Waals surface area contributed by atoms with Crippen molar-refractivity contribution in [2.75, 3.05) is 7.05 Å². The van der Waals surface area contributed by atoms with E-state index in [0.29, 0.717) is 6.04 Å². The summed E-state index contributed by atoms with van der Waals surface area (Å²) in [7, 11) is 1.89. The van der Waals surface area contributed by atoms with Gasteiger partial charge >= 0.3 is 0 Å². The van der Waals surface area contributed by atoms with Crippen LogP contribution < -0.4 is 10.6 Å². The predicted molar refractivity (Wildman–Crippen MR) is 56.0 cm³/mol. The smallest absolute Gasteiger partial charge is 0.240 e. The highest BCUT2D eigenvalue weighted by Crippen LogP contribution is 2.33. The highest BCUT2D eigenvalue weighted by molar-refractivity contribution is 5.87. The first-order valence-electron chi connectivity index (χ1n) is 5.66. The van der Waals surface area contributed by atoms with Gasteiger partial charge in [-0.1, -0.05) is 6.92 Å². The molecule has 2 N–H and O–H groups in total. The second-order valence-electron chi connectivity index (χ2n) is 4.93. The van der Waals surface area contributed by atoms with Crippen molar-refractivity contribution in [1.82, 2.24) is 10.6 Å². The van der Waals surface area contributed by atoms with Crippen molar-refractivity contribution in [1.29, 1.82) is 0 Å². The second-order valence-corrected chi connectivity index (χ2v) is 4.93. The molecule has 0 aromatic rings. The van der Waals surface area contributed by atoms with Gasteiger partial charge in [0.15, 0.2) is 0 Å². The van der Waals surface area contributed by atoms with Gasteiger partial charge in [-0.2, -0.15) is 0 Å². The summed E-state index contributed by atoms with van der Waals surface area (Å²) >= 11 is 0. The molecule has 3 heteroatoms. The molecule has 0 aromatic carbocycles. The van der Waals surface area contributed by atoms with Gasteiger partial charge in [0, 0.05) is 6.04 Å². The maximum atomic E-state index is 11.9. The van der Waals surface area contributed by atoms with Crippen molar-refractivity contribution in [2.24, 2.45) is 5.92 Å². The van der Waals surface area contributed by atoms with E-state index in [-0.39, 0.29) is 11.4 Å². The Morgan fingerprint density at radius 2 is 2.00 bits per heavy atom. The van der Waals surface area contributed by atoms with Gasteiger partial charge in [-0.05, 0) is 45.1 Å². The van der Waals surface area contributed by atoms with Crippen LogP contribution in [0.3, 0.4) is 0 Å². The van der Waals surface area contributed by atoms with Crippen LogP contribution in [-0.4, -0.2) is 24.5 Å². The molecule has 3 nitrogen and oxygen atoms in total. The van der Waals surface area contributed by atoms with Crippen molar-refractivity contribution in [3.8, 4) is 0 Å². The van der Waals surface area contributed by atoms with E-state index < -0.39 is 0 Å². The Balaban J connectivity index is 1.83. The van der Waals surface area contributed by atoms with Gasteiger partial charge in [0.05, 0.1) is 5.54 Å². The van der Waals surface area contributed by atoms with E-state index in [4.69, 9.17) is 0 Å². The van der Waals surface area contributed by atoms with Gasteiger partial charge < -0.3 is 10.6 Å². The minimum absolute atomic E-state index is 0.223. The van der Waals surface area contributed by atoms with E-state index in [2.05, 4.69) is 17.6 Å². The monoisotopic (exact) mass is 196 g/mol. The molecular formula is C11H20N2O. The highest BCUT2D eigenvalue weighted by Gasteiger charge is 2.44. The molecule has 2 saturated carbocycles. The van der Waals surface area contributed by atoms with Gasteiger partial charge in [-0.15, -0.1) is 0 Å². The maximum Gasteiger partial charge on any atom is 0.240 e. The third kappa shape index (κ3) is 1.54. The lowest BCUT2D eigenvalue weighted by Crippen LogP contribution is -2.62. The summed E-state index contributed by atoms with van der Waals surface area (Å²) in [5.41, 5.74) is -0.223. The summed E-state index contributed by atoms with van der Waals surface area (Å²) in [6, 6.07) is 0.448. The van der Waals surface area contributed by atoms with Crippen LogP contribution in [0.2, 0.25) is 0 Å². The molecule has 2 fully saturated rings. The van der Waals surface area contributed by atoms with Crippen LogP contribution in [0.5, 0.6) is 0 Å². The van der Waals surface area contributed by atoms with Crippen LogP contribution in [0.4, 0.5) is 0 Å². The van der Waals surface area contributed by atoms with Crippen LogP contribution in [0.15, 0.2) is 0 Å². The van der Waals surface area contributed by atoms with E-state index in [1.807, 2.05) is 7.05 Å². The van der Waals surface area contributed by atoms with Crippen molar-refractivity contribution >= 4 is 5.91 Å². The number of hydrogen-bond acceptors (Lipinski definition) is 2. The molecule has 14 heavy (non-hydrogen) atoms. The summed E-state index contributed by atoms with van der Waals surface area (Å²) in [5.74, 6) is 1.02. The van der Waals surface area contributed by atoms with Crippen LogP contribution in [0.25, 0.3) is 0 Å². The van der Waals surface area contributed by atoms with Crippen molar-refractivity contribution < 1.29 is 4.79 Å². The molecule has 0 unspecified atom stereocenters. The third-order valence-electron chi connectivity index (χ3n) is 3.83. The number of likely N-dealkylation sites (N-methyl/N-ethyl adjacent to an activating group) is 1. The zero-order valence-electron chi connectivity index (χ0n) is 9.10. The molecule has 0 spiro atoms.